The van der Waals surface area contributed by atoms with Crippen LogP contribution in [0.1, 0.15) is 10.4 Å². The summed E-state index contributed by atoms with van der Waals surface area (Å²) in [5.41, 5.74) is 5.06. The maximum Gasteiger partial charge on any atom is 0.339 e. The molecule has 8 heteroatoms. The lowest BCUT2D eigenvalue weighted by atomic mass is 10.2. The van der Waals surface area contributed by atoms with Gasteiger partial charge in [0.15, 0.2) is 5.75 Å². The minimum Gasteiger partial charge on any atom is -0.497 e. The predicted octanol–water partition coefficient (Wildman–Crippen LogP) is 1.70. The first-order valence-electron chi connectivity index (χ1n) is 6.01. The fourth-order valence-electron chi connectivity index (χ4n) is 1.67. The Kier molecular flexibility index (Phi) is 4.32. The summed E-state index contributed by atoms with van der Waals surface area (Å²) >= 11 is 0. The Morgan fingerprint density at radius 2 is 1.77 bits per heavy atom. The van der Waals surface area contributed by atoms with Crippen molar-refractivity contribution in [2.45, 2.75) is 4.90 Å². The second kappa shape index (κ2) is 6.02. The lowest BCUT2D eigenvalue weighted by molar-refractivity contribution is 0.0999. The fourth-order valence-corrected chi connectivity index (χ4v) is 2.61. The highest BCUT2D eigenvalue weighted by molar-refractivity contribution is 7.87. The van der Waals surface area contributed by atoms with E-state index in [1.807, 2.05) is 0 Å². The summed E-state index contributed by atoms with van der Waals surface area (Å²) in [7, 11) is -2.87. The largest absolute Gasteiger partial charge is 0.497 e. The number of primary amides is 1. The number of hydrogen-bond acceptors (Lipinski definition) is 5. The zero-order valence-electron chi connectivity index (χ0n) is 11.4. The molecule has 2 aromatic carbocycles. The van der Waals surface area contributed by atoms with Gasteiger partial charge in [-0.3, -0.25) is 4.79 Å². The molecule has 0 atom stereocenters. The molecule has 2 aromatic rings. The predicted molar refractivity (Wildman–Crippen MR) is 75.7 cm³/mol. The molecule has 22 heavy (non-hydrogen) atoms. The number of nitrogens with two attached hydrogens (primary N) is 1. The third kappa shape index (κ3) is 3.34. The van der Waals surface area contributed by atoms with E-state index in [4.69, 9.17) is 14.7 Å². The van der Waals surface area contributed by atoms with Gasteiger partial charge in [-0.1, -0.05) is 0 Å². The second-order valence-corrected chi connectivity index (χ2v) is 5.76. The molecule has 6 nitrogen and oxygen atoms in total. The molecule has 0 aliphatic heterocycles. The molecular weight excluding hydrogens is 313 g/mol. The highest BCUT2D eigenvalue weighted by Gasteiger charge is 2.21. The number of rotatable bonds is 5. The van der Waals surface area contributed by atoms with Gasteiger partial charge in [-0.15, -0.1) is 0 Å². The third-order valence-electron chi connectivity index (χ3n) is 2.76. The maximum atomic E-state index is 12.9. The van der Waals surface area contributed by atoms with Crippen LogP contribution < -0.4 is 14.7 Å². The zero-order valence-corrected chi connectivity index (χ0v) is 12.3. The van der Waals surface area contributed by atoms with Crippen molar-refractivity contribution >= 4 is 16.0 Å². The number of ether oxygens (including phenoxy) is 1. The second-order valence-electron chi connectivity index (χ2n) is 4.22. The quantitative estimate of drug-likeness (QED) is 0.844. The van der Waals surface area contributed by atoms with Gasteiger partial charge in [0.25, 0.3) is 5.91 Å². The van der Waals surface area contributed by atoms with Crippen molar-refractivity contribution in [1.82, 2.24) is 0 Å². The smallest absolute Gasteiger partial charge is 0.339 e. The standard InChI is InChI=1S/C14H12FNO5S/c1-20-10-4-7-12(14(16)17)13(8-10)21-22(18,19)11-5-2-9(15)3-6-11/h2-8H,1H3,(H2,16,17). The third-order valence-corrected chi connectivity index (χ3v) is 4.00. The van der Waals surface area contributed by atoms with Crippen molar-refractivity contribution in [3.63, 3.8) is 0 Å². The van der Waals surface area contributed by atoms with Crippen LogP contribution in [-0.4, -0.2) is 21.4 Å². The Hall–Kier alpha value is -2.61. The monoisotopic (exact) mass is 325 g/mol. The van der Waals surface area contributed by atoms with E-state index in [1.54, 1.807) is 0 Å². The molecule has 0 saturated carbocycles. The molecule has 0 aromatic heterocycles. The lowest BCUT2D eigenvalue weighted by Gasteiger charge is -2.11. The fraction of sp³-hybridized carbons (Fsp3) is 0.0714. The van der Waals surface area contributed by atoms with Crippen molar-refractivity contribution in [2.24, 2.45) is 5.73 Å². The topological polar surface area (TPSA) is 95.7 Å². The van der Waals surface area contributed by atoms with Crippen LogP contribution in [0.2, 0.25) is 0 Å². The van der Waals surface area contributed by atoms with Crippen LogP contribution in [-0.2, 0) is 10.1 Å². The minimum absolute atomic E-state index is 0.119. The van der Waals surface area contributed by atoms with Gasteiger partial charge in [-0.05, 0) is 36.4 Å². The van der Waals surface area contributed by atoms with Crippen LogP contribution in [0, 0.1) is 5.82 Å². The van der Waals surface area contributed by atoms with Crippen LogP contribution in [0.5, 0.6) is 11.5 Å². The molecule has 0 unspecified atom stereocenters. The lowest BCUT2D eigenvalue weighted by Crippen LogP contribution is -2.16. The van der Waals surface area contributed by atoms with E-state index < -0.39 is 21.8 Å². The van der Waals surface area contributed by atoms with Gasteiger partial charge < -0.3 is 14.7 Å². The Bertz CT molecular complexity index is 802. The van der Waals surface area contributed by atoms with E-state index in [2.05, 4.69) is 0 Å². The van der Waals surface area contributed by atoms with Crippen molar-refractivity contribution in [3.05, 3.63) is 53.8 Å². The summed E-state index contributed by atoms with van der Waals surface area (Å²) in [5.74, 6) is -1.42. The zero-order chi connectivity index (χ0) is 16.3. The van der Waals surface area contributed by atoms with E-state index in [0.29, 0.717) is 0 Å². The van der Waals surface area contributed by atoms with Crippen LogP contribution in [0.25, 0.3) is 0 Å². The van der Waals surface area contributed by atoms with Gasteiger partial charge >= 0.3 is 10.1 Å². The molecule has 0 saturated heterocycles. The molecule has 0 fully saturated rings. The number of methoxy groups -OCH3 is 1. The molecule has 0 heterocycles. The molecule has 0 bridgehead atoms. The van der Waals surface area contributed by atoms with Gasteiger partial charge in [0.05, 0.1) is 12.7 Å². The van der Waals surface area contributed by atoms with Gasteiger partial charge in [0.2, 0.25) is 0 Å². The number of benzene rings is 2. The summed E-state index contributed by atoms with van der Waals surface area (Å²) in [6.07, 6.45) is 0. The van der Waals surface area contributed by atoms with Crippen molar-refractivity contribution in [2.75, 3.05) is 7.11 Å². The Morgan fingerprint density at radius 1 is 1.14 bits per heavy atom. The number of hydrogen-bond donors (Lipinski definition) is 1. The van der Waals surface area contributed by atoms with E-state index in [1.165, 1.54) is 25.3 Å². The molecular formula is C14H12FNO5S. The normalized spacial score (nSPS) is 11.0. The average Bonchev–Trinajstić information content (AvgIpc) is 2.46. The van der Waals surface area contributed by atoms with E-state index in [9.17, 15) is 17.6 Å². The number of carbonyl (C=O) groups excluding carboxylic acids is 1. The summed E-state index contributed by atoms with van der Waals surface area (Å²) in [4.78, 5) is 11.1. The first-order chi connectivity index (χ1) is 10.3. The van der Waals surface area contributed by atoms with Crippen LogP contribution in [0.4, 0.5) is 4.39 Å². The molecule has 116 valence electrons. The SMILES string of the molecule is COc1ccc(C(N)=O)c(OS(=O)(=O)c2ccc(F)cc2)c1. The van der Waals surface area contributed by atoms with Gasteiger partial charge in [0, 0.05) is 6.07 Å². The molecule has 2 N–H and O–H groups in total. The number of halogens is 1. The molecule has 0 radical (unpaired) electrons. The van der Waals surface area contributed by atoms with Crippen LogP contribution in [0.15, 0.2) is 47.4 Å². The summed E-state index contributed by atoms with van der Waals surface area (Å²) in [6, 6.07) is 8.02. The summed E-state index contributed by atoms with van der Waals surface area (Å²) in [6.45, 7) is 0. The first-order valence-corrected chi connectivity index (χ1v) is 7.42. The minimum atomic E-state index is -4.24. The van der Waals surface area contributed by atoms with E-state index in [0.717, 1.165) is 24.3 Å². The van der Waals surface area contributed by atoms with Crippen LogP contribution >= 0.6 is 0 Å². The maximum absolute atomic E-state index is 12.9. The van der Waals surface area contributed by atoms with Crippen molar-refractivity contribution in [1.29, 1.82) is 0 Å². The average molecular weight is 325 g/mol. The summed E-state index contributed by atoms with van der Waals surface area (Å²) in [5, 5.41) is 0. The number of carbonyl (C=O) groups is 1. The molecule has 1 amide bonds. The van der Waals surface area contributed by atoms with Crippen LogP contribution in [0.3, 0.4) is 0 Å². The first kappa shape index (κ1) is 15.8. The number of amides is 1. The van der Waals surface area contributed by atoms with Crippen molar-refractivity contribution in [3.8, 4) is 11.5 Å². The molecule has 0 spiro atoms. The Morgan fingerprint density at radius 3 is 2.32 bits per heavy atom. The van der Waals surface area contributed by atoms with E-state index >= 15 is 0 Å². The summed E-state index contributed by atoms with van der Waals surface area (Å²) < 4.78 is 47.0. The van der Waals surface area contributed by atoms with Gasteiger partial charge in [-0.2, -0.15) is 8.42 Å². The molecule has 2 rings (SSSR count). The van der Waals surface area contributed by atoms with Gasteiger partial charge in [-0.25, -0.2) is 4.39 Å². The van der Waals surface area contributed by atoms with E-state index in [-0.39, 0.29) is 22.0 Å². The highest BCUT2D eigenvalue weighted by Crippen LogP contribution is 2.27. The Labute approximate surface area is 126 Å². The molecule has 0 aliphatic carbocycles. The van der Waals surface area contributed by atoms with Gasteiger partial charge in [0.1, 0.15) is 16.5 Å². The molecule has 0 aliphatic rings. The highest BCUT2D eigenvalue weighted by atomic mass is 32.2. The Balaban J connectivity index is 2.44. The van der Waals surface area contributed by atoms with Crippen molar-refractivity contribution < 1.29 is 26.5 Å².